The number of nitrogens with one attached hydrogen (secondary N) is 1. The number of hydrogen-bond acceptors (Lipinski definition) is 4. The Balaban J connectivity index is 1.49. The fourth-order valence-corrected chi connectivity index (χ4v) is 3.79. The lowest BCUT2D eigenvalue weighted by Crippen LogP contribution is -2.36. The van der Waals surface area contributed by atoms with E-state index in [2.05, 4.69) is 12.2 Å². The van der Waals surface area contributed by atoms with Crippen molar-refractivity contribution < 1.29 is 14.3 Å². The predicted molar refractivity (Wildman–Crippen MR) is 103 cm³/mol. The molecule has 1 N–H and O–H groups in total. The zero-order valence-electron chi connectivity index (χ0n) is 14.7. The van der Waals surface area contributed by atoms with E-state index in [4.69, 9.17) is 9.47 Å². The molecule has 0 bridgehead atoms. The van der Waals surface area contributed by atoms with Gasteiger partial charge in [-0.2, -0.15) is 0 Å². The predicted octanol–water partition coefficient (Wildman–Crippen LogP) is 4.72. The number of ether oxygens (including phenoxy) is 2. The van der Waals surface area contributed by atoms with Gasteiger partial charge in [0.05, 0.1) is 5.69 Å². The Morgan fingerprint density at radius 3 is 2.81 bits per heavy atom. The van der Waals surface area contributed by atoms with Crippen LogP contribution in [-0.4, -0.2) is 29.5 Å². The third kappa shape index (κ3) is 3.75. The molecular formula is C20H22N2O3S. The maximum absolute atomic E-state index is 12.9. The van der Waals surface area contributed by atoms with E-state index in [-0.39, 0.29) is 12.8 Å². The van der Waals surface area contributed by atoms with Crippen molar-refractivity contribution in [3.8, 4) is 11.5 Å². The maximum Gasteiger partial charge on any atom is 0.322 e. The molecule has 5 nitrogen and oxygen atoms in total. The molecule has 1 fully saturated rings. The van der Waals surface area contributed by atoms with Crippen LogP contribution in [0, 0.1) is 0 Å². The van der Waals surface area contributed by atoms with Crippen LogP contribution in [0.5, 0.6) is 11.5 Å². The van der Waals surface area contributed by atoms with Crippen molar-refractivity contribution in [2.45, 2.75) is 37.2 Å². The fraction of sp³-hybridized carbons (Fsp3) is 0.350. The number of urea groups is 1. The summed E-state index contributed by atoms with van der Waals surface area (Å²) < 4.78 is 10.8. The fourth-order valence-electron chi connectivity index (χ4n) is 3.03. The standard InChI is InChI=1S/C20H22N2O3S/c1-2-26-19-6-4-3-5-16(19)21-20(23)22(15-8-9-15)12-14-7-10-17-18(11-14)25-13-24-17/h3-7,10-11,15H,2,8-9,12-13H2,1H3,(H,21,23). The van der Waals surface area contributed by atoms with Gasteiger partial charge >= 0.3 is 6.03 Å². The zero-order valence-corrected chi connectivity index (χ0v) is 15.6. The van der Waals surface area contributed by atoms with Gasteiger partial charge in [0, 0.05) is 17.5 Å². The molecule has 1 aliphatic heterocycles. The lowest BCUT2D eigenvalue weighted by molar-refractivity contribution is 0.174. The van der Waals surface area contributed by atoms with Crippen molar-refractivity contribution in [1.29, 1.82) is 0 Å². The maximum atomic E-state index is 12.9. The summed E-state index contributed by atoms with van der Waals surface area (Å²) in [4.78, 5) is 16.0. The highest BCUT2D eigenvalue weighted by Crippen LogP contribution is 2.35. The SMILES string of the molecule is CCSc1ccccc1NC(=O)N(Cc1ccc2c(c1)OCO2)C1CC1. The summed E-state index contributed by atoms with van der Waals surface area (Å²) in [7, 11) is 0. The van der Waals surface area contributed by atoms with E-state index in [1.807, 2.05) is 47.4 Å². The Morgan fingerprint density at radius 2 is 2.00 bits per heavy atom. The number of rotatable bonds is 6. The second kappa shape index (κ2) is 7.50. The Bertz CT molecular complexity index is 807. The second-order valence-electron chi connectivity index (χ2n) is 6.41. The molecule has 0 aromatic heterocycles. The van der Waals surface area contributed by atoms with Gasteiger partial charge in [0.1, 0.15) is 0 Å². The number of thioether (sulfide) groups is 1. The van der Waals surface area contributed by atoms with Gasteiger partial charge in [0.25, 0.3) is 0 Å². The molecule has 0 spiro atoms. The number of amides is 2. The lowest BCUT2D eigenvalue weighted by Gasteiger charge is -2.24. The monoisotopic (exact) mass is 370 g/mol. The van der Waals surface area contributed by atoms with Crippen LogP contribution in [-0.2, 0) is 6.54 Å². The van der Waals surface area contributed by atoms with Crippen LogP contribution in [0.25, 0.3) is 0 Å². The first kappa shape index (κ1) is 17.1. The average Bonchev–Trinajstić information content (AvgIpc) is 3.38. The average molecular weight is 370 g/mol. The van der Waals surface area contributed by atoms with Gasteiger partial charge in [-0.1, -0.05) is 25.1 Å². The van der Waals surface area contributed by atoms with Crippen LogP contribution in [0.4, 0.5) is 10.5 Å². The largest absolute Gasteiger partial charge is 0.454 e. The molecule has 2 aliphatic rings. The number of para-hydroxylation sites is 1. The van der Waals surface area contributed by atoms with Gasteiger partial charge in [0.15, 0.2) is 11.5 Å². The molecule has 2 aromatic rings. The molecule has 4 rings (SSSR count). The number of benzene rings is 2. The molecule has 0 unspecified atom stereocenters. The van der Waals surface area contributed by atoms with E-state index in [1.165, 1.54) is 0 Å². The van der Waals surface area contributed by atoms with Crippen LogP contribution in [0.3, 0.4) is 0 Å². The van der Waals surface area contributed by atoms with Crippen molar-refractivity contribution in [3.05, 3.63) is 48.0 Å². The highest BCUT2D eigenvalue weighted by molar-refractivity contribution is 7.99. The molecule has 1 aliphatic carbocycles. The summed E-state index contributed by atoms with van der Waals surface area (Å²) in [5, 5.41) is 3.10. The number of hydrogen-bond donors (Lipinski definition) is 1. The van der Waals surface area contributed by atoms with Crippen LogP contribution in [0.2, 0.25) is 0 Å². The van der Waals surface area contributed by atoms with E-state index < -0.39 is 0 Å². The van der Waals surface area contributed by atoms with E-state index >= 15 is 0 Å². The van der Waals surface area contributed by atoms with Gasteiger partial charge < -0.3 is 19.7 Å². The van der Waals surface area contributed by atoms with Crippen molar-refractivity contribution in [2.24, 2.45) is 0 Å². The highest BCUT2D eigenvalue weighted by Gasteiger charge is 2.33. The van der Waals surface area contributed by atoms with Gasteiger partial charge in [-0.05, 0) is 48.4 Å². The van der Waals surface area contributed by atoms with Crippen LogP contribution in [0.1, 0.15) is 25.3 Å². The Morgan fingerprint density at radius 1 is 1.19 bits per heavy atom. The Labute approximate surface area is 157 Å². The third-order valence-corrected chi connectivity index (χ3v) is 5.42. The number of nitrogens with zero attached hydrogens (tertiary/aromatic N) is 1. The second-order valence-corrected chi connectivity index (χ2v) is 7.71. The molecule has 0 atom stereocenters. The number of carbonyl (C=O) groups is 1. The molecule has 26 heavy (non-hydrogen) atoms. The number of fused-ring (bicyclic) bond motifs is 1. The van der Waals surface area contributed by atoms with Gasteiger partial charge in [0.2, 0.25) is 6.79 Å². The Kier molecular flexibility index (Phi) is 4.93. The van der Waals surface area contributed by atoms with E-state index in [0.29, 0.717) is 12.6 Å². The minimum absolute atomic E-state index is 0.0469. The minimum atomic E-state index is -0.0469. The summed E-state index contributed by atoms with van der Waals surface area (Å²) in [5.41, 5.74) is 1.92. The number of carbonyl (C=O) groups excluding carboxylic acids is 1. The quantitative estimate of drug-likeness (QED) is 0.747. The van der Waals surface area contributed by atoms with E-state index in [9.17, 15) is 4.79 Å². The van der Waals surface area contributed by atoms with Crippen LogP contribution in [0.15, 0.2) is 47.4 Å². The van der Waals surface area contributed by atoms with Crippen LogP contribution < -0.4 is 14.8 Å². The first-order chi connectivity index (χ1) is 12.7. The van der Waals surface area contributed by atoms with E-state index in [0.717, 1.165) is 46.2 Å². The lowest BCUT2D eigenvalue weighted by atomic mass is 10.2. The summed E-state index contributed by atoms with van der Waals surface area (Å²) in [6.07, 6.45) is 2.12. The van der Waals surface area contributed by atoms with E-state index in [1.54, 1.807) is 11.8 Å². The topological polar surface area (TPSA) is 50.8 Å². The molecule has 1 saturated carbocycles. The minimum Gasteiger partial charge on any atom is -0.454 e. The first-order valence-electron chi connectivity index (χ1n) is 8.92. The van der Waals surface area contributed by atoms with Gasteiger partial charge in [-0.15, -0.1) is 11.8 Å². The summed E-state index contributed by atoms with van der Waals surface area (Å²) >= 11 is 1.73. The smallest absolute Gasteiger partial charge is 0.322 e. The molecule has 1 heterocycles. The molecular weight excluding hydrogens is 348 g/mol. The van der Waals surface area contributed by atoms with Gasteiger partial charge in [-0.25, -0.2) is 4.79 Å². The molecule has 136 valence electrons. The third-order valence-electron chi connectivity index (χ3n) is 4.47. The zero-order chi connectivity index (χ0) is 17.9. The van der Waals surface area contributed by atoms with Crippen molar-refractivity contribution in [2.75, 3.05) is 17.9 Å². The molecule has 0 saturated heterocycles. The first-order valence-corrected chi connectivity index (χ1v) is 9.91. The molecule has 2 aromatic carbocycles. The molecule has 6 heteroatoms. The normalized spacial score (nSPS) is 15.0. The Hall–Kier alpha value is -2.34. The highest BCUT2D eigenvalue weighted by atomic mass is 32.2. The van der Waals surface area contributed by atoms with Crippen molar-refractivity contribution in [1.82, 2.24) is 4.90 Å². The summed E-state index contributed by atoms with van der Waals surface area (Å²) in [6.45, 7) is 2.94. The number of anilines is 1. The van der Waals surface area contributed by atoms with Gasteiger partial charge in [-0.3, -0.25) is 0 Å². The summed E-state index contributed by atoms with van der Waals surface area (Å²) in [5.74, 6) is 2.49. The van der Waals surface area contributed by atoms with Crippen LogP contribution >= 0.6 is 11.8 Å². The van der Waals surface area contributed by atoms with Crippen molar-refractivity contribution in [3.63, 3.8) is 0 Å². The summed E-state index contributed by atoms with van der Waals surface area (Å²) in [6, 6.07) is 14.1. The molecule has 2 amide bonds. The molecule has 0 radical (unpaired) electrons. The van der Waals surface area contributed by atoms with Crippen molar-refractivity contribution >= 4 is 23.5 Å².